The molecule has 164 valence electrons. The summed E-state index contributed by atoms with van der Waals surface area (Å²) in [5.74, 6) is 1.26. The third-order valence-corrected chi connectivity index (χ3v) is 7.38. The van der Waals surface area contributed by atoms with Crippen LogP contribution in [-0.4, -0.2) is 32.3 Å². The minimum Gasteiger partial charge on any atom is -0.461 e. The highest BCUT2D eigenvalue weighted by Crippen LogP contribution is 2.39. The first-order valence-electron chi connectivity index (χ1n) is 10.2. The first-order chi connectivity index (χ1) is 14.8. The number of nitrogens with zero attached hydrogens (tertiary/aromatic N) is 3. The molecule has 0 saturated heterocycles. The summed E-state index contributed by atoms with van der Waals surface area (Å²) in [6.07, 6.45) is 4.35. The number of fused-ring (bicyclic) bond motifs is 1. The zero-order valence-electron chi connectivity index (χ0n) is 17.7. The van der Waals surface area contributed by atoms with Crippen LogP contribution in [0, 0.1) is 5.92 Å². The Kier molecular flexibility index (Phi) is 6.19. The number of primary amides is 1. The van der Waals surface area contributed by atoms with Gasteiger partial charge in [0.25, 0.3) is 5.91 Å². The largest absolute Gasteiger partial charge is 0.461 e. The molecule has 3 heterocycles. The van der Waals surface area contributed by atoms with E-state index in [0.717, 1.165) is 29.7 Å². The zero-order chi connectivity index (χ0) is 22.1. The lowest BCUT2D eigenvalue weighted by molar-refractivity contribution is -0.113. The summed E-state index contributed by atoms with van der Waals surface area (Å²) in [6.45, 7) is 6.25. The average Bonchev–Trinajstić information content (AvgIpc) is 3.43. The summed E-state index contributed by atoms with van der Waals surface area (Å²) < 4.78 is 7.40. The molecular formula is C21H25N5O3S2. The smallest absolute Gasteiger partial charge is 0.251 e. The second-order valence-corrected chi connectivity index (χ2v) is 10.1. The van der Waals surface area contributed by atoms with Gasteiger partial charge in [0.05, 0.1) is 17.6 Å². The average molecular weight is 460 g/mol. The quantitative estimate of drug-likeness (QED) is 0.513. The van der Waals surface area contributed by atoms with Crippen molar-refractivity contribution >= 4 is 39.9 Å². The van der Waals surface area contributed by atoms with Crippen molar-refractivity contribution in [1.29, 1.82) is 0 Å². The van der Waals surface area contributed by atoms with Crippen molar-refractivity contribution in [1.82, 2.24) is 14.8 Å². The van der Waals surface area contributed by atoms with Gasteiger partial charge in [-0.2, -0.15) is 0 Å². The predicted molar refractivity (Wildman–Crippen MR) is 121 cm³/mol. The number of aromatic nitrogens is 3. The van der Waals surface area contributed by atoms with Gasteiger partial charge in [0.1, 0.15) is 5.00 Å². The molecule has 1 atom stereocenters. The van der Waals surface area contributed by atoms with E-state index >= 15 is 0 Å². The van der Waals surface area contributed by atoms with Crippen molar-refractivity contribution in [3.05, 3.63) is 34.4 Å². The van der Waals surface area contributed by atoms with Gasteiger partial charge < -0.3 is 15.5 Å². The molecule has 31 heavy (non-hydrogen) atoms. The second-order valence-electron chi connectivity index (χ2n) is 8.00. The molecule has 0 aliphatic heterocycles. The number of hydrogen-bond donors (Lipinski definition) is 2. The van der Waals surface area contributed by atoms with Gasteiger partial charge in [-0.1, -0.05) is 18.7 Å². The number of carbonyl (C=O) groups excluding carboxylic acids is 2. The Morgan fingerprint density at radius 2 is 2.23 bits per heavy atom. The molecule has 4 rings (SSSR count). The molecule has 3 aromatic rings. The van der Waals surface area contributed by atoms with E-state index in [-0.39, 0.29) is 17.7 Å². The molecule has 0 spiro atoms. The number of furan rings is 1. The molecule has 1 aliphatic carbocycles. The number of anilines is 1. The number of thioether (sulfide) groups is 1. The number of nitrogens with two attached hydrogens (primary N) is 1. The van der Waals surface area contributed by atoms with Gasteiger partial charge >= 0.3 is 0 Å². The summed E-state index contributed by atoms with van der Waals surface area (Å²) in [5.41, 5.74) is 7.11. The Morgan fingerprint density at radius 3 is 2.90 bits per heavy atom. The first-order valence-corrected chi connectivity index (χ1v) is 12.0. The number of rotatable bonds is 7. The van der Waals surface area contributed by atoms with Gasteiger partial charge in [0.15, 0.2) is 10.9 Å². The number of hydrogen-bond acceptors (Lipinski definition) is 7. The fourth-order valence-corrected chi connectivity index (χ4v) is 6.11. The summed E-state index contributed by atoms with van der Waals surface area (Å²) in [6, 6.07) is 3.72. The predicted octanol–water partition coefficient (Wildman–Crippen LogP) is 4.14. The van der Waals surface area contributed by atoms with Crippen LogP contribution in [0.1, 0.15) is 54.0 Å². The highest BCUT2D eigenvalue weighted by Gasteiger charge is 2.27. The third-order valence-electron chi connectivity index (χ3n) is 5.27. The Hall–Kier alpha value is -2.59. The zero-order valence-corrected chi connectivity index (χ0v) is 19.3. The molecule has 1 aliphatic rings. The van der Waals surface area contributed by atoms with Crippen molar-refractivity contribution in [3.8, 4) is 11.6 Å². The number of carbonyl (C=O) groups is 2. The van der Waals surface area contributed by atoms with Crippen molar-refractivity contribution < 1.29 is 14.0 Å². The van der Waals surface area contributed by atoms with Crippen LogP contribution in [-0.2, 0) is 17.6 Å². The summed E-state index contributed by atoms with van der Waals surface area (Å²) in [7, 11) is 0. The van der Waals surface area contributed by atoms with Gasteiger partial charge in [-0.3, -0.25) is 14.2 Å². The SMILES string of the molecule is CC1CCc2c(sc(NC(=O)CSc3nnc(-c4ccco4)n3C(C)C)c2C(N)=O)C1. The molecule has 2 amide bonds. The maximum Gasteiger partial charge on any atom is 0.251 e. The fraction of sp³-hybridized carbons (Fsp3) is 0.429. The minimum atomic E-state index is -0.488. The molecule has 0 saturated carbocycles. The van der Waals surface area contributed by atoms with E-state index < -0.39 is 5.91 Å². The van der Waals surface area contributed by atoms with E-state index in [9.17, 15) is 9.59 Å². The molecule has 0 aromatic carbocycles. The lowest BCUT2D eigenvalue weighted by Crippen LogP contribution is -2.20. The molecular weight excluding hydrogens is 434 g/mol. The number of amides is 2. The van der Waals surface area contributed by atoms with Crippen LogP contribution in [0.25, 0.3) is 11.6 Å². The highest BCUT2D eigenvalue weighted by molar-refractivity contribution is 7.99. The maximum atomic E-state index is 12.7. The molecule has 1 unspecified atom stereocenters. The first kappa shape index (κ1) is 21.6. The van der Waals surface area contributed by atoms with Crippen LogP contribution in [0.4, 0.5) is 5.00 Å². The van der Waals surface area contributed by atoms with Gasteiger partial charge in [-0.05, 0) is 56.7 Å². The fourth-order valence-electron chi connectivity index (χ4n) is 3.81. The summed E-state index contributed by atoms with van der Waals surface area (Å²) in [5, 5.41) is 12.6. The minimum absolute atomic E-state index is 0.0909. The monoisotopic (exact) mass is 459 g/mol. The van der Waals surface area contributed by atoms with Crippen LogP contribution in [0.15, 0.2) is 28.0 Å². The normalized spacial score (nSPS) is 15.8. The Balaban J connectivity index is 1.49. The molecule has 3 aromatic heterocycles. The summed E-state index contributed by atoms with van der Waals surface area (Å²) in [4.78, 5) is 25.9. The van der Waals surface area contributed by atoms with Crippen LogP contribution < -0.4 is 11.1 Å². The van der Waals surface area contributed by atoms with E-state index in [4.69, 9.17) is 10.2 Å². The van der Waals surface area contributed by atoms with Crippen LogP contribution in [0.5, 0.6) is 0 Å². The number of thiophene rings is 1. The van der Waals surface area contributed by atoms with Crippen molar-refractivity contribution in [2.45, 2.75) is 51.2 Å². The van der Waals surface area contributed by atoms with Crippen LogP contribution in [0.3, 0.4) is 0 Å². The van der Waals surface area contributed by atoms with Gasteiger partial charge in [0, 0.05) is 10.9 Å². The second kappa shape index (κ2) is 8.88. The van der Waals surface area contributed by atoms with Gasteiger partial charge in [0.2, 0.25) is 11.7 Å². The Labute approximate surface area is 188 Å². The molecule has 10 heteroatoms. The van der Waals surface area contributed by atoms with Crippen molar-refractivity contribution in [3.63, 3.8) is 0 Å². The maximum absolute atomic E-state index is 12.7. The highest BCUT2D eigenvalue weighted by atomic mass is 32.2. The van der Waals surface area contributed by atoms with Crippen molar-refractivity contribution in [2.24, 2.45) is 11.7 Å². The molecule has 0 radical (unpaired) electrons. The third kappa shape index (κ3) is 4.40. The molecule has 0 fully saturated rings. The van der Waals surface area contributed by atoms with Crippen LogP contribution in [0.2, 0.25) is 0 Å². The van der Waals surface area contributed by atoms with E-state index in [0.29, 0.717) is 33.2 Å². The van der Waals surface area contributed by atoms with Crippen LogP contribution >= 0.6 is 23.1 Å². The molecule has 3 N–H and O–H groups in total. The van der Waals surface area contributed by atoms with E-state index in [1.54, 1.807) is 12.3 Å². The van der Waals surface area contributed by atoms with Gasteiger partial charge in [-0.25, -0.2) is 0 Å². The Morgan fingerprint density at radius 1 is 1.42 bits per heavy atom. The van der Waals surface area contributed by atoms with E-state index in [1.807, 2.05) is 24.5 Å². The lowest BCUT2D eigenvalue weighted by Gasteiger charge is -2.18. The summed E-state index contributed by atoms with van der Waals surface area (Å²) >= 11 is 2.76. The van der Waals surface area contributed by atoms with Gasteiger partial charge in [-0.15, -0.1) is 21.5 Å². The molecule has 0 bridgehead atoms. The Bertz CT molecular complexity index is 1100. The van der Waals surface area contributed by atoms with Crippen molar-refractivity contribution in [2.75, 3.05) is 11.1 Å². The number of nitrogens with one attached hydrogen (secondary N) is 1. The molecule has 8 nitrogen and oxygen atoms in total. The standard InChI is InChI=1S/C21H25N5O3S2/c1-11(2)26-19(14-5-4-8-29-14)24-25-21(26)30-10-16(27)23-20-17(18(22)28)13-7-6-12(3)9-15(13)31-20/h4-5,8,11-12H,6-7,9-10H2,1-3H3,(H2,22,28)(H,23,27). The lowest BCUT2D eigenvalue weighted by atomic mass is 9.88. The van der Waals surface area contributed by atoms with E-state index in [1.165, 1.54) is 23.1 Å². The van der Waals surface area contributed by atoms with E-state index in [2.05, 4.69) is 22.4 Å². The topological polar surface area (TPSA) is 116 Å².